The van der Waals surface area contributed by atoms with Crippen molar-refractivity contribution in [1.82, 2.24) is 15.0 Å². The minimum atomic E-state index is -0.422. The van der Waals surface area contributed by atoms with E-state index in [4.69, 9.17) is 11.6 Å². The zero-order valence-electron chi connectivity index (χ0n) is 13.4. The Balaban J connectivity index is 2.19. The SMILES string of the molecule is Cc1nc2cc(F)c(-c3ccc(P(C)C)nc3)nc2c(Cl)c1C. The van der Waals surface area contributed by atoms with Gasteiger partial charge in [0, 0.05) is 23.5 Å². The highest BCUT2D eigenvalue weighted by atomic mass is 35.5. The first-order valence-electron chi connectivity index (χ1n) is 7.15. The normalized spacial score (nSPS) is 11.4. The number of pyridine rings is 3. The number of rotatable bonds is 2. The quantitative estimate of drug-likeness (QED) is 0.642. The summed E-state index contributed by atoms with van der Waals surface area (Å²) >= 11 is 6.37. The van der Waals surface area contributed by atoms with Crippen LogP contribution >= 0.6 is 19.5 Å². The van der Waals surface area contributed by atoms with Gasteiger partial charge in [-0.05, 0) is 44.9 Å². The van der Waals surface area contributed by atoms with E-state index in [2.05, 4.69) is 28.3 Å². The van der Waals surface area contributed by atoms with E-state index in [1.54, 1.807) is 6.20 Å². The van der Waals surface area contributed by atoms with Crippen LogP contribution < -0.4 is 5.44 Å². The molecule has 0 bridgehead atoms. The average molecular weight is 348 g/mol. The summed E-state index contributed by atoms with van der Waals surface area (Å²) in [6.07, 6.45) is 1.66. The first-order chi connectivity index (χ1) is 10.9. The summed E-state index contributed by atoms with van der Waals surface area (Å²) in [5.74, 6) is -0.422. The van der Waals surface area contributed by atoms with Crippen LogP contribution in [0, 0.1) is 19.7 Å². The van der Waals surface area contributed by atoms with Crippen LogP contribution in [0.3, 0.4) is 0 Å². The van der Waals surface area contributed by atoms with Crippen LogP contribution in [0.5, 0.6) is 0 Å². The smallest absolute Gasteiger partial charge is 0.151 e. The van der Waals surface area contributed by atoms with Crippen molar-refractivity contribution in [3.8, 4) is 11.3 Å². The van der Waals surface area contributed by atoms with Gasteiger partial charge in [-0.2, -0.15) is 0 Å². The summed E-state index contributed by atoms with van der Waals surface area (Å²) in [6, 6.07) is 5.16. The second-order valence-corrected chi connectivity index (χ2v) is 8.25. The molecule has 0 aliphatic rings. The Morgan fingerprint density at radius 2 is 1.87 bits per heavy atom. The van der Waals surface area contributed by atoms with E-state index in [-0.39, 0.29) is 13.6 Å². The van der Waals surface area contributed by atoms with Gasteiger partial charge in [-0.1, -0.05) is 19.5 Å². The molecule has 0 aliphatic carbocycles. The van der Waals surface area contributed by atoms with Gasteiger partial charge in [-0.3, -0.25) is 9.97 Å². The van der Waals surface area contributed by atoms with Gasteiger partial charge in [0.2, 0.25) is 0 Å². The van der Waals surface area contributed by atoms with Crippen LogP contribution in [0.4, 0.5) is 4.39 Å². The first kappa shape index (κ1) is 16.2. The molecule has 0 atom stereocenters. The Labute approximate surface area is 140 Å². The summed E-state index contributed by atoms with van der Waals surface area (Å²) in [5, 5.41) is 0.518. The zero-order chi connectivity index (χ0) is 16.7. The van der Waals surface area contributed by atoms with E-state index in [1.807, 2.05) is 26.0 Å². The molecule has 0 aliphatic heterocycles. The first-order valence-corrected chi connectivity index (χ1v) is 9.76. The fraction of sp³-hybridized carbons (Fsp3) is 0.235. The summed E-state index contributed by atoms with van der Waals surface area (Å²) < 4.78 is 14.5. The predicted molar refractivity (Wildman–Crippen MR) is 95.6 cm³/mol. The highest BCUT2D eigenvalue weighted by molar-refractivity contribution is 7.63. The van der Waals surface area contributed by atoms with E-state index in [1.165, 1.54) is 6.07 Å². The predicted octanol–water partition coefficient (Wildman–Crippen LogP) is 4.47. The number of hydrogen-bond acceptors (Lipinski definition) is 3. The van der Waals surface area contributed by atoms with E-state index in [0.717, 1.165) is 16.7 Å². The number of nitrogens with zero attached hydrogens (tertiary/aromatic N) is 3. The van der Waals surface area contributed by atoms with Crippen molar-refractivity contribution >= 4 is 36.0 Å². The number of halogens is 2. The van der Waals surface area contributed by atoms with Gasteiger partial charge in [0.15, 0.2) is 5.82 Å². The Kier molecular flexibility index (Phi) is 4.31. The van der Waals surface area contributed by atoms with Crippen molar-refractivity contribution in [2.75, 3.05) is 13.3 Å². The second kappa shape index (κ2) is 6.10. The number of aromatic nitrogens is 3. The van der Waals surface area contributed by atoms with E-state index < -0.39 is 5.82 Å². The third-order valence-electron chi connectivity index (χ3n) is 3.80. The number of fused-ring (bicyclic) bond motifs is 1. The van der Waals surface area contributed by atoms with Crippen LogP contribution in [0.1, 0.15) is 11.3 Å². The standard InChI is InChI=1S/C17H16ClFN3P/c1-9-10(2)21-13-7-12(19)16(22-17(13)15(9)18)11-5-6-14(20-8-11)23(3)4/h5-8H,1-4H3. The maximum Gasteiger partial charge on any atom is 0.151 e. The molecule has 3 aromatic rings. The largest absolute Gasteiger partial charge is 0.256 e. The van der Waals surface area contributed by atoms with Crippen LogP contribution in [-0.4, -0.2) is 28.3 Å². The third kappa shape index (κ3) is 2.93. The average Bonchev–Trinajstić information content (AvgIpc) is 2.52. The lowest BCUT2D eigenvalue weighted by Gasteiger charge is -2.10. The van der Waals surface area contributed by atoms with Gasteiger partial charge in [-0.25, -0.2) is 9.37 Å². The van der Waals surface area contributed by atoms with Crippen molar-refractivity contribution in [1.29, 1.82) is 0 Å². The molecule has 23 heavy (non-hydrogen) atoms. The fourth-order valence-corrected chi connectivity index (χ4v) is 3.26. The van der Waals surface area contributed by atoms with E-state index in [0.29, 0.717) is 21.6 Å². The van der Waals surface area contributed by atoms with Gasteiger partial charge < -0.3 is 0 Å². The monoisotopic (exact) mass is 347 g/mol. The third-order valence-corrected chi connectivity index (χ3v) is 5.45. The van der Waals surface area contributed by atoms with Crippen molar-refractivity contribution in [2.24, 2.45) is 0 Å². The summed E-state index contributed by atoms with van der Waals surface area (Å²) in [7, 11) is -0.282. The molecule has 0 spiro atoms. The Morgan fingerprint density at radius 3 is 2.48 bits per heavy atom. The van der Waals surface area contributed by atoms with Crippen molar-refractivity contribution in [2.45, 2.75) is 13.8 Å². The molecule has 0 saturated carbocycles. The molecule has 0 N–H and O–H groups in total. The van der Waals surface area contributed by atoms with Crippen LogP contribution in [0.25, 0.3) is 22.3 Å². The van der Waals surface area contributed by atoms with Gasteiger partial charge >= 0.3 is 0 Å². The molecule has 6 heteroatoms. The van der Waals surface area contributed by atoms with E-state index in [9.17, 15) is 4.39 Å². The van der Waals surface area contributed by atoms with Crippen LogP contribution in [0.15, 0.2) is 24.4 Å². The maximum absolute atomic E-state index is 14.5. The Morgan fingerprint density at radius 1 is 1.13 bits per heavy atom. The molecule has 3 rings (SSSR count). The van der Waals surface area contributed by atoms with Gasteiger partial charge in [0.05, 0.1) is 16.0 Å². The molecule has 3 heterocycles. The van der Waals surface area contributed by atoms with Crippen LogP contribution in [0.2, 0.25) is 5.02 Å². The summed E-state index contributed by atoms with van der Waals surface area (Å²) in [6.45, 7) is 7.99. The van der Waals surface area contributed by atoms with Crippen molar-refractivity contribution in [3.63, 3.8) is 0 Å². The molecular weight excluding hydrogens is 332 g/mol. The molecule has 0 fully saturated rings. The van der Waals surface area contributed by atoms with Gasteiger partial charge in [0.1, 0.15) is 11.2 Å². The highest BCUT2D eigenvalue weighted by Gasteiger charge is 2.15. The molecular formula is C17H16ClFN3P. The van der Waals surface area contributed by atoms with Gasteiger partial charge in [0.25, 0.3) is 0 Å². The number of hydrogen-bond donors (Lipinski definition) is 0. The van der Waals surface area contributed by atoms with Crippen LogP contribution in [-0.2, 0) is 0 Å². The molecule has 0 radical (unpaired) electrons. The minimum absolute atomic E-state index is 0.250. The summed E-state index contributed by atoms with van der Waals surface area (Å²) in [4.78, 5) is 13.2. The maximum atomic E-state index is 14.5. The molecule has 0 saturated heterocycles. The molecule has 3 nitrogen and oxygen atoms in total. The number of aryl methyl sites for hydroxylation is 1. The van der Waals surface area contributed by atoms with Crippen molar-refractivity contribution < 1.29 is 4.39 Å². The lowest BCUT2D eigenvalue weighted by atomic mass is 10.1. The van der Waals surface area contributed by atoms with Gasteiger partial charge in [-0.15, -0.1) is 0 Å². The van der Waals surface area contributed by atoms with E-state index >= 15 is 0 Å². The topological polar surface area (TPSA) is 38.7 Å². The summed E-state index contributed by atoms with van der Waals surface area (Å²) in [5.41, 5.74) is 4.54. The lowest BCUT2D eigenvalue weighted by molar-refractivity contribution is 0.628. The Bertz CT molecular complexity index is 895. The molecule has 0 aromatic carbocycles. The Hall–Kier alpha value is -1.64. The zero-order valence-corrected chi connectivity index (χ0v) is 15.0. The fourth-order valence-electron chi connectivity index (χ4n) is 2.32. The second-order valence-electron chi connectivity index (χ2n) is 5.62. The molecule has 3 aromatic heterocycles. The lowest BCUT2D eigenvalue weighted by Crippen LogP contribution is -2.04. The molecule has 118 valence electrons. The minimum Gasteiger partial charge on any atom is -0.256 e. The molecule has 0 unspecified atom stereocenters. The highest BCUT2D eigenvalue weighted by Crippen LogP contribution is 2.30. The van der Waals surface area contributed by atoms with Crippen molar-refractivity contribution in [3.05, 3.63) is 46.5 Å². The molecule has 0 amide bonds.